The van der Waals surface area contributed by atoms with Gasteiger partial charge in [0, 0.05) is 11.6 Å². The van der Waals surface area contributed by atoms with Gasteiger partial charge in [-0.15, -0.1) is 0 Å². The number of hydrogen-bond donors (Lipinski definition) is 1. The van der Waals surface area contributed by atoms with Crippen LogP contribution >= 0.6 is 11.6 Å². The highest BCUT2D eigenvalue weighted by Gasteiger charge is 2.25. The van der Waals surface area contributed by atoms with Gasteiger partial charge < -0.3 is 0 Å². The average Bonchev–Trinajstić information content (AvgIpc) is 2.37. The third-order valence-corrected chi connectivity index (χ3v) is 4.09. The van der Waals surface area contributed by atoms with Crippen molar-refractivity contribution in [1.82, 2.24) is 0 Å². The highest BCUT2D eigenvalue weighted by molar-refractivity contribution is 7.89. The Hall–Kier alpha value is -1.71. The second-order valence-corrected chi connectivity index (χ2v) is 6.09. The van der Waals surface area contributed by atoms with Gasteiger partial charge >= 0.3 is 0 Å². The monoisotopic (exact) mass is 357 g/mol. The molecular formula is C12H5ClF5NO2S. The van der Waals surface area contributed by atoms with Gasteiger partial charge in [0.2, 0.25) is 10.0 Å². The zero-order chi connectivity index (χ0) is 16.8. The van der Waals surface area contributed by atoms with Gasteiger partial charge in [-0.2, -0.15) is 0 Å². The van der Waals surface area contributed by atoms with Crippen LogP contribution in [-0.4, -0.2) is 8.42 Å². The van der Waals surface area contributed by atoms with E-state index in [1.807, 2.05) is 0 Å². The number of nitrogens with two attached hydrogens (primary N) is 1. The molecule has 0 fully saturated rings. The van der Waals surface area contributed by atoms with Crippen LogP contribution in [0.25, 0.3) is 11.1 Å². The zero-order valence-corrected chi connectivity index (χ0v) is 11.9. The van der Waals surface area contributed by atoms with Crippen molar-refractivity contribution in [3.63, 3.8) is 0 Å². The normalized spacial score (nSPS) is 11.8. The van der Waals surface area contributed by atoms with Gasteiger partial charge in [-0.3, -0.25) is 0 Å². The van der Waals surface area contributed by atoms with E-state index in [0.29, 0.717) is 12.1 Å². The van der Waals surface area contributed by atoms with E-state index in [-0.39, 0.29) is 6.07 Å². The maximum Gasteiger partial charge on any atom is 0.239 e. The second kappa shape index (κ2) is 5.49. The average molecular weight is 358 g/mol. The number of primary sulfonamides is 1. The molecule has 0 aliphatic heterocycles. The van der Waals surface area contributed by atoms with Crippen LogP contribution in [0.1, 0.15) is 0 Å². The number of hydrogen-bond acceptors (Lipinski definition) is 2. The predicted octanol–water partition coefficient (Wildman–Crippen LogP) is 3.35. The minimum absolute atomic E-state index is 0.00157. The molecule has 0 atom stereocenters. The molecular weight excluding hydrogens is 353 g/mol. The Balaban J connectivity index is 2.88. The van der Waals surface area contributed by atoms with Crippen LogP contribution in [-0.2, 0) is 10.0 Å². The van der Waals surface area contributed by atoms with Crippen molar-refractivity contribution in [2.45, 2.75) is 4.90 Å². The van der Waals surface area contributed by atoms with Gasteiger partial charge in [-0.1, -0.05) is 11.6 Å². The lowest BCUT2D eigenvalue weighted by Gasteiger charge is -2.10. The molecule has 0 radical (unpaired) electrons. The first-order valence-corrected chi connectivity index (χ1v) is 7.31. The predicted molar refractivity (Wildman–Crippen MR) is 68.1 cm³/mol. The van der Waals surface area contributed by atoms with Crippen molar-refractivity contribution < 1.29 is 30.4 Å². The summed E-state index contributed by atoms with van der Waals surface area (Å²) in [6.45, 7) is 0. The molecule has 118 valence electrons. The maximum atomic E-state index is 13.8. The number of halogens is 6. The molecule has 0 aromatic heterocycles. The Bertz CT molecular complexity index is 886. The van der Waals surface area contributed by atoms with Crippen LogP contribution < -0.4 is 5.14 Å². The van der Waals surface area contributed by atoms with E-state index in [4.69, 9.17) is 16.7 Å². The lowest BCUT2D eigenvalue weighted by molar-refractivity contribution is 0.436. The number of sulfonamides is 1. The van der Waals surface area contributed by atoms with Crippen molar-refractivity contribution in [1.29, 1.82) is 0 Å². The molecule has 0 bridgehead atoms. The summed E-state index contributed by atoms with van der Waals surface area (Å²) >= 11 is 5.49. The summed E-state index contributed by atoms with van der Waals surface area (Å²) in [5, 5.41) is 4.20. The van der Waals surface area contributed by atoms with Crippen LogP contribution in [0.15, 0.2) is 23.1 Å². The van der Waals surface area contributed by atoms with E-state index in [0.717, 1.165) is 0 Å². The fourth-order valence-corrected chi connectivity index (χ4v) is 2.84. The molecule has 2 rings (SSSR count). The molecule has 0 aliphatic rings. The SMILES string of the molecule is NS(=O)(=O)c1cc(-c2c(F)cc(F)c(F)c2F)c(F)cc1Cl. The summed E-state index contributed by atoms with van der Waals surface area (Å²) in [6, 6.07) is 0.876. The molecule has 22 heavy (non-hydrogen) atoms. The molecule has 2 aromatic carbocycles. The summed E-state index contributed by atoms with van der Waals surface area (Å²) in [6.07, 6.45) is 0. The van der Waals surface area contributed by atoms with Crippen molar-refractivity contribution in [3.8, 4) is 11.1 Å². The minimum atomic E-state index is -4.44. The summed E-state index contributed by atoms with van der Waals surface area (Å²) in [5.74, 6) is -8.85. The Morgan fingerprint density at radius 2 is 1.45 bits per heavy atom. The third-order valence-electron chi connectivity index (χ3n) is 2.71. The third kappa shape index (κ3) is 2.79. The van der Waals surface area contributed by atoms with E-state index in [1.165, 1.54) is 0 Å². The van der Waals surface area contributed by atoms with E-state index >= 15 is 0 Å². The van der Waals surface area contributed by atoms with Crippen molar-refractivity contribution in [3.05, 3.63) is 52.3 Å². The highest BCUT2D eigenvalue weighted by atomic mass is 35.5. The first kappa shape index (κ1) is 16.7. The van der Waals surface area contributed by atoms with Crippen LogP contribution in [0.2, 0.25) is 5.02 Å². The molecule has 0 aliphatic carbocycles. The lowest BCUT2D eigenvalue weighted by atomic mass is 10.0. The molecule has 0 saturated carbocycles. The van der Waals surface area contributed by atoms with Crippen LogP contribution in [0.3, 0.4) is 0 Å². The summed E-state index contributed by atoms with van der Waals surface area (Å²) in [7, 11) is -4.44. The maximum absolute atomic E-state index is 13.8. The van der Waals surface area contributed by atoms with E-state index < -0.39 is 60.2 Å². The van der Waals surface area contributed by atoms with Crippen LogP contribution in [0.4, 0.5) is 22.0 Å². The topological polar surface area (TPSA) is 60.2 Å². The first-order valence-electron chi connectivity index (χ1n) is 5.39. The Morgan fingerprint density at radius 3 is 2.00 bits per heavy atom. The summed E-state index contributed by atoms with van der Waals surface area (Å²) in [4.78, 5) is -0.825. The Kier molecular flexibility index (Phi) is 4.16. The van der Waals surface area contributed by atoms with E-state index in [1.54, 1.807) is 0 Å². The minimum Gasteiger partial charge on any atom is -0.225 e. The molecule has 2 N–H and O–H groups in total. The summed E-state index contributed by atoms with van der Waals surface area (Å²) < 4.78 is 89.8. The molecule has 0 heterocycles. The Morgan fingerprint density at radius 1 is 0.864 bits per heavy atom. The molecule has 0 unspecified atom stereocenters. The van der Waals surface area contributed by atoms with Gasteiger partial charge in [-0.25, -0.2) is 35.5 Å². The van der Waals surface area contributed by atoms with E-state index in [9.17, 15) is 30.4 Å². The second-order valence-electron chi connectivity index (χ2n) is 4.15. The number of rotatable bonds is 2. The van der Waals surface area contributed by atoms with Crippen molar-refractivity contribution in [2.75, 3.05) is 0 Å². The summed E-state index contributed by atoms with van der Waals surface area (Å²) in [5.41, 5.74) is -2.25. The standard InChI is InChI=1S/C12H5ClF5NO2S/c13-5-2-6(14)4(1-9(5)22(19,20)21)10-7(15)3-8(16)11(17)12(10)18/h1-3H,(H2,19,20,21). The molecule has 3 nitrogen and oxygen atoms in total. The van der Waals surface area contributed by atoms with Gasteiger partial charge in [0.05, 0.1) is 10.6 Å². The van der Waals surface area contributed by atoms with Gasteiger partial charge in [0.25, 0.3) is 0 Å². The van der Waals surface area contributed by atoms with Gasteiger partial charge in [-0.05, 0) is 12.1 Å². The molecule has 0 saturated heterocycles. The van der Waals surface area contributed by atoms with Gasteiger partial charge in [0.15, 0.2) is 17.5 Å². The van der Waals surface area contributed by atoms with Crippen molar-refractivity contribution >= 4 is 21.6 Å². The molecule has 2 aromatic rings. The molecule has 10 heteroatoms. The Labute approximate surface area is 126 Å². The fourth-order valence-electron chi connectivity index (χ4n) is 1.75. The van der Waals surface area contributed by atoms with Gasteiger partial charge in [0.1, 0.15) is 16.5 Å². The lowest BCUT2D eigenvalue weighted by Crippen LogP contribution is -2.13. The first-order chi connectivity index (χ1) is 10.0. The largest absolute Gasteiger partial charge is 0.239 e. The highest BCUT2D eigenvalue weighted by Crippen LogP contribution is 2.35. The number of benzene rings is 2. The zero-order valence-electron chi connectivity index (χ0n) is 10.3. The van der Waals surface area contributed by atoms with Crippen molar-refractivity contribution in [2.24, 2.45) is 5.14 Å². The molecule has 0 spiro atoms. The quantitative estimate of drug-likeness (QED) is 0.509. The van der Waals surface area contributed by atoms with Crippen LogP contribution in [0.5, 0.6) is 0 Å². The van der Waals surface area contributed by atoms with E-state index in [2.05, 4.69) is 0 Å². The molecule has 0 amide bonds. The smallest absolute Gasteiger partial charge is 0.225 e. The fraction of sp³-hybridized carbons (Fsp3) is 0. The van der Waals surface area contributed by atoms with Crippen LogP contribution in [0, 0.1) is 29.1 Å².